The highest BCUT2D eigenvalue weighted by Gasteiger charge is 2.13. The Morgan fingerprint density at radius 3 is 2.70 bits per heavy atom. The summed E-state index contributed by atoms with van der Waals surface area (Å²) in [6.07, 6.45) is 0. The second-order valence-electron chi connectivity index (χ2n) is 4.39. The molecule has 0 aliphatic rings. The fourth-order valence-electron chi connectivity index (χ4n) is 1.78. The van der Waals surface area contributed by atoms with E-state index in [-0.39, 0.29) is 11.3 Å². The number of carbonyl (C=O) groups excluding carboxylic acids is 1. The minimum absolute atomic E-state index is 0.122. The van der Waals surface area contributed by atoms with Crippen LogP contribution >= 0.6 is 0 Å². The van der Waals surface area contributed by atoms with E-state index in [0.717, 1.165) is 5.56 Å². The predicted octanol–water partition coefficient (Wildman–Crippen LogP) is 2.98. The number of ether oxygens (including phenoxy) is 1. The van der Waals surface area contributed by atoms with E-state index >= 15 is 0 Å². The number of carbonyl (C=O) groups is 1. The van der Waals surface area contributed by atoms with Gasteiger partial charge in [0.2, 0.25) is 0 Å². The van der Waals surface area contributed by atoms with Crippen molar-refractivity contribution in [2.45, 2.75) is 6.92 Å². The van der Waals surface area contributed by atoms with Crippen LogP contribution in [0, 0.1) is 12.7 Å². The smallest absolute Gasteiger partial charge is 0.257 e. The summed E-state index contributed by atoms with van der Waals surface area (Å²) in [4.78, 5) is 12.2. The van der Waals surface area contributed by atoms with Gasteiger partial charge in [0.1, 0.15) is 11.6 Å². The van der Waals surface area contributed by atoms with Crippen molar-refractivity contribution in [2.24, 2.45) is 0 Å². The molecule has 0 saturated carbocycles. The maximum atomic E-state index is 13.6. The van der Waals surface area contributed by atoms with Crippen molar-refractivity contribution in [3.05, 3.63) is 53.3 Å². The summed E-state index contributed by atoms with van der Waals surface area (Å²) in [6.45, 7) is 1.81. The Kier molecular flexibility index (Phi) is 3.89. The van der Waals surface area contributed by atoms with Gasteiger partial charge in [0.25, 0.3) is 5.91 Å². The first kappa shape index (κ1) is 13.9. The number of benzene rings is 2. The van der Waals surface area contributed by atoms with Gasteiger partial charge in [0.15, 0.2) is 0 Å². The van der Waals surface area contributed by atoms with Crippen LogP contribution in [0.3, 0.4) is 0 Å². The quantitative estimate of drug-likeness (QED) is 0.846. The van der Waals surface area contributed by atoms with Crippen LogP contribution in [-0.2, 0) is 0 Å². The molecule has 20 heavy (non-hydrogen) atoms. The van der Waals surface area contributed by atoms with E-state index in [1.54, 1.807) is 24.3 Å². The Morgan fingerprint density at radius 2 is 2.00 bits per heavy atom. The van der Waals surface area contributed by atoms with Crippen LogP contribution in [0.1, 0.15) is 15.9 Å². The molecular formula is C15H15FN2O2. The van der Waals surface area contributed by atoms with Crippen molar-refractivity contribution in [3.8, 4) is 5.75 Å². The molecule has 0 aliphatic heterocycles. The van der Waals surface area contributed by atoms with Gasteiger partial charge >= 0.3 is 0 Å². The molecule has 5 heteroatoms. The first-order valence-electron chi connectivity index (χ1n) is 6.02. The van der Waals surface area contributed by atoms with Gasteiger partial charge in [-0.25, -0.2) is 4.39 Å². The van der Waals surface area contributed by atoms with Gasteiger partial charge in [0.05, 0.1) is 18.4 Å². The number of anilines is 2. The average molecular weight is 274 g/mol. The fourth-order valence-corrected chi connectivity index (χ4v) is 1.78. The Labute approximate surface area is 116 Å². The molecule has 0 radical (unpaired) electrons. The maximum Gasteiger partial charge on any atom is 0.257 e. The summed E-state index contributed by atoms with van der Waals surface area (Å²) in [5, 5.41) is 2.51. The molecule has 3 N–H and O–H groups in total. The third-order valence-electron chi connectivity index (χ3n) is 2.88. The number of amides is 1. The lowest BCUT2D eigenvalue weighted by atomic mass is 10.1. The number of halogens is 1. The average Bonchev–Trinajstić information content (AvgIpc) is 2.43. The number of rotatable bonds is 3. The van der Waals surface area contributed by atoms with E-state index in [1.807, 2.05) is 6.92 Å². The van der Waals surface area contributed by atoms with E-state index < -0.39 is 11.7 Å². The molecule has 0 spiro atoms. The zero-order valence-electron chi connectivity index (χ0n) is 11.2. The molecule has 4 nitrogen and oxygen atoms in total. The van der Waals surface area contributed by atoms with Gasteiger partial charge in [-0.1, -0.05) is 6.07 Å². The standard InChI is InChI=1S/C15H15FN2O2/c1-9-3-5-12(16)14(7-9)18-15(19)11-8-10(20-2)4-6-13(11)17/h3-8H,17H2,1-2H3,(H,18,19). The molecule has 0 aliphatic carbocycles. The summed E-state index contributed by atoms with van der Waals surface area (Å²) in [5.41, 5.74) is 7.27. The minimum atomic E-state index is -0.495. The predicted molar refractivity (Wildman–Crippen MR) is 76.5 cm³/mol. The molecule has 0 heterocycles. The molecule has 0 atom stereocenters. The maximum absolute atomic E-state index is 13.6. The van der Waals surface area contributed by atoms with Crippen LogP contribution < -0.4 is 15.8 Å². The van der Waals surface area contributed by atoms with Crippen LogP contribution in [0.5, 0.6) is 5.75 Å². The highest BCUT2D eigenvalue weighted by molar-refractivity contribution is 6.08. The topological polar surface area (TPSA) is 64.3 Å². The molecule has 0 aromatic heterocycles. The van der Waals surface area contributed by atoms with Gasteiger partial charge < -0.3 is 15.8 Å². The van der Waals surface area contributed by atoms with Gasteiger partial charge in [-0.05, 0) is 42.8 Å². The van der Waals surface area contributed by atoms with E-state index in [1.165, 1.54) is 19.2 Å². The molecule has 2 aromatic carbocycles. The second-order valence-corrected chi connectivity index (χ2v) is 4.39. The lowest BCUT2D eigenvalue weighted by Crippen LogP contribution is -2.15. The third-order valence-corrected chi connectivity index (χ3v) is 2.88. The number of methoxy groups -OCH3 is 1. The number of hydrogen-bond donors (Lipinski definition) is 2. The van der Waals surface area contributed by atoms with E-state index in [2.05, 4.69) is 5.32 Å². The van der Waals surface area contributed by atoms with Crippen LogP contribution in [0.25, 0.3) is 0 Å². The van der Waals surface area contributed by atoms with Crippen LogP contribution in [0.2, 0.25) is 0 Å². The molecule has 0 unspecified atom stereocenters. The van der Waals surface area contributed by atoms with Gasteiger partial charge in [-0.2, -0.15) is 0 Å². The number of aryl methyl sites for hydroxylation is 1. The fraction of sp³-hybridized carbons (Fsp3) is 0.133. The Bertz CT molecular complexity index is 656. The summed E-state index contributed by atoms with van der Waals surface area (Å²) in [6, 6.07) is 9.23. The number of nitrogens with one attached hydrogen (secondary N) is 1. The van der Waals surface area contributed by atoms with Crippen LogP contribution in [-0.4, -0.2) is 13.0 Å². The van der Waals surface area contributed by atoms with E-state index in [0.29, 0.717) is 11.4 Å². The normalized spacial score (nSPS) is 10.2. The monoisotopic (exact) mass is 274 g/mol. The summed E-state index contributed by atoms with van der Waals surface area (Å²) in [7, 11) is 1.49. The van der Waals surface area contributed by atoms with Crippen molar-refractivity contribution in [3.63, 3.8) is 0 Å². The molecule has 0 fully saturated rings. The SMILES string of the molecule is COc1ccc(N)c(C(=O)Nc2cc(C)ccc2F)c1. The molecule has 0 bridgehead atoms. The highest BCUT2D eigenvalue weighted by atomic mass is 19.1. The van der Waals surface area contributed by atoms with E-state index in [9.17, 15) is 9.18 Å². The van der Waals surface area contributed by atoms with Crippen molar-refractivity contribution in [1.29, 1.82) is 0 Å². The Balaban J connectivity index is 2.30. The molecule has 2 rings (SSSR count). The van der Waals surface area contributed by atoms with Gasteiger partial charge in [-0.3, -0.25) is 4.79 Å². The van der Waals surface area contributed by atoms with Crippen molar-refractivity contribution in [2.75, 3.05) is 18.2 Å². The molecule has 1 amide bonds. The van der Waals surface area contributed by atoms with Crippen LogP contribution in [0.15, 0.2) is 36.4 Å². The second kappa shape index (κ2) is 5.61. The lowest BCUT2D eigenvalue weighted by Gasteiger charge is -2.10. The molecule has 104 valence electrons. The van der Waals surface area contributed by atoms with Gasteiger partial charge in [-0.15, -0.1) is 0 Å². The first-order valence-corrected chi connectivity index (χ1v) is 6.02. The van der Waals surface area contributed by atoms with Crippen LogP contribution in [0.4, 0.5) is 15.8 Å². The minimum Gasteiger partial charge on any atom is -0.497 e. The highest BCUT2D eigenvalue weighted by Crippen LogP contribution is 2.22. The zero-order chi connectivity index (χ0) is 14.7. The third kappa shape index (κ3) is 2.88. The summed E-state index contributed by atoms with van der Waals surface area (Å²) < 4.78 is 18.7. The lowest BCUT2D eigenvalue weighted by molar-refractivity contribution is 0.102. The Hall–Kier alpha value is -2.56. The van der Waals surface area contributed by atoms with Crippen molar-refractivity contribution >= 4 is 17.3 Å². The van der Waals surface area contributed by atoms with E-state index in [4.69, 9.17) is 10.5 Å². The number of nitrogen functional groups attached to an aromatic ring is 1. The zero-order valence-corrected chi connectivity index (χ0v) is 11.2. The van der Waals surface area contributed by atoms with Crippen molar-refractivity contribution < 1.29 is 13.9 Å². The molecule has 2 aromatic rings. The number of nitrogens with two attached hydrogens (primary N) is 1. The van der Waals surface area contributed by atoms with Gasteiger partial charge in [0, 0.05) is 5.69 Å². The molecule has 0 saturated heterocycles. The largest absolute Gasteiger partial charge is 0.497 e. The number of hydrogen-bond acceptors (Lipinski definition) is 3. The van der Waals surface area contributed by atoms with Crippen molar-refractivity contribution in [1.82, 2.24) is 0 Å². The summed E-state index contributed by atoms with van der Waals surface area (Å²) in [5.74, 6) is -0.467. The first-order chi connectivity index (χ1) is 9.51. The Morgan fingerprint density at radius 1 is 1.25 bits per heavy atom. The molecular weight excluding hydrogens is 259 g/mol. The summed E-state index contributed by atoms with van der Waals surface area (Å²) >= 11 is 0.